The molecule has 0 aromatic heterocycles. The molecule has 0 aliphatic heterocycles. The first-order valence-electron chi connectivity index (χ1n) is 9.62. The summed E-state index contributed by atoms with van der Waals surface area (Å²) < 4.78 is 5.61. The number of hydrogen-bond acceptors (Lipinski definition) is 4. The van der Waals surface area contributed by atoms with Crippen LogP contribution >= 0.6 is 0 Å². The maximum Gasteiger partial charge on any atom is 0.312 e. The number of rotatable bonds is 5. The lowest BCUT2D eigenvalue weighted by Crippen LogP contribution is -2.54. The lowest BCUT2D eigenvalue weighted by atomic mass is 9.49. The van der Waals surface area contributed by atoms with E-state index in [-0.39, 0.29) is 17.3 Å². The fraction of sp³-hybridized carbons (Fsp3) is 0.850. The van der Waals surface area contributed by atoms with Crippen molar-refractivity contribution in [1.29, 1.82) is 5.26 Å². The molecule has 0 unspecified atom stereocenters. The predicted octanol–water partition coefficient (Wildman–Crippen LogP) is 3.19. The smallest absolute Gasteiger partial charge is 0.312 e. The standard InChI is InChI=1S/C20H30N2O3/c1-12(2)19(4,11-21)22-17(23)13(3)25-18(24)20-8-14-5-15(9-20)7-16(6-14)10-20/h12-16H,5-10H2,1-4H3,(H,22,23)/t13-,14?,15?,16?,19-,20?/m0/s1. The van der Waals surface area contributed by atoms with Crippen molar-refractivity contribution >= 4 is 11.9 Å². The zero-order valence-corrected chi connectivity index (χ0v) is 15.8. The van der Waals surface area contributed by atoms with Gasteiger partial charge in [0, 0.05) is 0 Å². The van der Waals surface area contributed by atoms with E-state index in [1.54, 1.807) is 13.8 Å². The summed E-state index contributed by atoms with van der Waals surface area (Å²) in [5.41, 5.74) is -1.32. The largest absolute Gasteiger partial charge is 0.452 e. The molecule has 0 aromatic rings. The first kappa shape index (κ1) is 18.2. The molecule has 0 heterocycles. The topological polar surface area (TPSA) is 79.2 Å². The van der Waals surface area contributed by atoms with E-state index in [9.17, 15) is 14.9 Å². The molecule has 4 saturated carbocycles. The molecule has 0 spiro atoms. The number of ether oxygens (including phenoxy) is 1. The number of amides is 1. The van der Waals surface area contributed by atoms with Gasteiger partial charge < -0.3 is 10.1 Å². The molecule has 4 bridgehead atoms. The molecule has 2 atom stereocenters. The van der Waals surface area contributed by atoms with Gasteiger partial charge in [-0.3, -0.25) is 9.59 Å². The number of esters is 1. The number of hydrogen-bond donors (Lipinski definition) is 1. The van der Waals surface area contributed by atoms with Crippen molar-refractivity contribution in [2.45, 2.75) is 77.9 Å². The van der Waals surface area contributed by atoms with Crippen molar-refractivity contribution in [1.82, 2.24) is 5.32 Å². The van der Waals surface area contributed by atoms with Crippen molar-refractivity contribution in [3.63, 3.8) is 0 Å². The minimum absolute atomic E-state index is 0.0347. The van der Waals surface area contributed by atoms with Crippen LogP contribution in [0, 0.1) is 40.4 Å². The molecule has 4 aliphatic carbocycles. The number of nitriles is 1. The Labute approximate surface area is 150 Å². The van der Waals surface area contributed by atoms with E-state index in [0.29, 0.717) is 17.8 Å². The highest BCUT2D eigenvalue weighted by atomic mass is 16.5. The van der Waals surface area contributed by atoms with Crippen LogP contribution < -0.4 is 5.32 Å². The Hall–Kier alpha value is -1.57. The monoisotopic (exact) mass is 346 g/mol. The normalized spacial score (nSPS) is 36.4. The van der Waals surface area contributed by atoms with Crippen LogP contribution in [0.4, 0.5) is 0 Å². The number of carbonyl (C=O) groups is 2. The molecular weight excluding hydrogens is 316 g/mol. The average molecular weight is 346 g/mol. The van der Waals surface area contributed by atoms with Crippen LogP contribution in [0.5, 0.6) is 0 Å². The van der Waals surface area contributed by atoms with Gasteiger partial charge in [-0.1, -0.05) is 13.8 Å². The number of nitrogens with zero attached hydrogens (tertiary/aromatic N) is 1. The summed E-state index contributed by atoms with van der Waals surface area (Å²) in [6.45, 7) is 7.07. The van der Waals surface area contributed by atoms with Crippen LogP contribution in [0.25, 0.3) is 0 Å². The third-order valence-corrected chi connectivity index (χ3v) is 6.89. The molecule has 5 heteroatoms. The van der Waals surface area contributed by atoms with Gasteiger partial charge in [-0.2, -0.15) is 5.26 Å². The second-order valence-corrected chi connectivity index (χ2v) is 9.20. The van der Waals surface area contributed by atoms with Gasteiger partial charge in [-0.15, -0.1) is 0 Å². The van der Waals surface area contributed by atoms with Gasteiger partial charge in [0.2, 0.25) is 0 Å². The van der Waals surface area contributed by atoms with E-state index >= 15 is 0 Å². The molecule has 0 aromatic carbocycles. The first-order chi connectivity index (χ1) is 11.7. The van der Waals surface area contributed by atoms with Crippen LogP contribution in [-0.2, 0) is 14.3 Å². The van der Waals surface area contributed by atoms with Crippen LogP contribution in [0.1, 0.15) is 66.2 Å². The Morgan fingerprint density at radius 3 is 2.00 bits per heavy atom. The Kier molecular flexibility index (Phi) is 4.59. The fourth-order valence-corrected chi connectivity index (χ4v) is 5.36. The lowest BCUT2D eigenvalue weighted by molar-refractivity contribution is -0.178. The molecule has 0 radical (unpaired) electrons. The molecule has 4 rings (SSSR count). The summed E-state index contributed by atoms with van der Waals surface area (Å²) >= 11 is 0. The molecule has 25 heavy (non-hydrogen) atoms. The summed E-state index contributed by atoms with van der Waals surface area (Å²) in [5.74, 6) is 1.35. The Morgan fingerprint density at radius 2 is 1.60 bits per heavy atom. The van der Waals surface area contributed by atoms with Gasteiger partial charge in [-0.05, 0) is 76.0 Å². The van der Waals surface area contributed by atoms with E-state index in [1.165, 1.54) is 19.3 Å². The van der Waals surface area contributed by atoms with Crippen LogP contribution in [0.2, 0.25) is 0 Å². The molecule has 4 aliphatic rings. The SMILES string of the molecule is CC(C)[C@](C)(C#N)NC(=O)[C@H](C)OC(=O)C12CC3CC(CC(C3)C1)C2. The summed E-state index contributed by atoms with van der Waals surface area (Å²) in [5, 5.41) is 12.1. The third kappa shape index (κ3) is 3.28. The summed E-state index contributed by atoms with van der Waals surface area (Å²) in [4.78, 5) is 25.4. The first-order valence-corrected chi connectivity index (χ1v) is 9.62. The van der Waals surface area contributed by atoms with E-state index in [1.807, 2.05) is 13.8 Å². The van der Waals surface area contributed by atoms with E-state index in [2.05, 4.69) is 11.4 Å². The van der Waals surface area contributed by atoms with Crippen LogP contribution in [0.3, 0.4) is 0 Å². The Morgan fingerprint density at radius 1 is 1.12 bits per heavy atom. The van der Waals surface area contributed by atoms with Crippen molar-refractivity contribution < 1.29 is 14.3 Å². The van der Waals surface area contributed by atoms with Crippen molar-refractivity contribution in [3.8, 4) is 6.07 Å². The maximum atomic E-state index is 12.9. The van der Waals surface area contributed by atoms with Gasteiger partial charge in [0.15, 0.2) is 6.10 Å². The Bertz CT molecular complexity index is 571. The molecule has 5 nitrogen and oxygen atoms in total. The highest BCUT2D eigenvalue weighted by Crippen LogP contribution is 2.60. The zero-order valence-electron chi connectivity index (χ0n) is 15.8. The highest BCUT2D eigenvalue weighted by molar-refractivity contribution is 5.86. The fourth-order valence-electron chi connectivity index (χ4n) is 5.36. The van der Waals surface area contributed by atoms with Gasteiger partial charge in [0.25, 0.3) is 5.91 Å². The predicted molar refractivity (Wildman–Crippen MR) is 93.2 cm³/mol. The van der Waals surface area contributed by atoms with Crippen molar-refractivity contribution in [2.75, 3.05) is 0 Å². The number of carbonyl (C=O) groups excluding carboxylic acids is 2. The molecule has 0 saturated heterocycles. The van der Waals surface area contributed by atoms with Gasteiger partial charge in [-0.25, -0.2) is 0 Å². The van der Waals surface area contributed by atoms with Crippen molar-refractivity contribution in [3.05, 3.63) is 0 Å². The minimum Gasteiger partial charge on any atom is -0.452 e. The summed E-state index contributed by atoms with van der Waals surface area (Å²) in [6, 6.07) is 2.15. The van der Waals surface area contributed by atoms with Crippen LogP contribution in [0.15, 0.2) is 0 Å². The average Bonchev–Trinajstić information content (AvgIpc) is 2.53. The van der Waals surface area contributed by atoms with Crippen LogP contribution in [-0.4, -0.2) is 23.5 Å². The molecule has 138 valence electrons. The van der Waals surface area contributed by atoms with Gasteiger partial charge >= 0.3 is 5.97 Å². The third-order valence-electron chi connectivity index (χ3n) is 6.89. The quantitative estimate of drug-likeness (QED) is 0.775. The van der Waals surface area contributed by atoms with Gasteiger partial charge in [0.1, 0.15) is 5.54 Å². The van der Waals surface area contributed by atoms with E-state index < -0.39 is 17.6 Å². The second-order valence-electron chi connectivity index (χ2n) is 9.20. The summed E-state index contributed by atoms with van der Waals surface area (Å²) in [7, 11) is 0. The lowest BCUT2D eigenvalue weighted by Gasteiger charge is -2.55. The zero-order chi connectivity index (χ0) is 18.4. The van der Waals surface area contributed by atoms with E-state index in [0.717, 1.165) is 19.3 Å². The molecular formula is C20H30N2O3. The molecule has 4 fully saturated rings. The summed E-state index contributed by atoms with van der Waals surface area (Å²) in [6.07, 6.45) is 5.69. The molecule has 1 N–H and O–H groups in total. The highest BCUT2D eigenvalue weighted by Gasteiger charge is 2.56. The molecule has 1 amide bonds. The Balaban J connectivity index is 1.63. The van der Waals surface area contributed by atoms with E-state index in [4.69, 9.17) is 4.74 Å². The van der Waals surface area contributed by atoms with Gasteiger partial charge in [0.05, 0.1) is 11.5 Å². The maximum absolute atomic E-state index is 12.9. The van der Waals surface area contributed by atoms with Crippen molar-refractivity contribution in [2.24, 2.45) is 29.1 Å². The minimum atomic E-state index is -0.960. The number of nitrogens with one attached hydrogen (secondary N) is 1. The second kappa shape index (κ2) is 6.30.